The zero-order chi connectivity index (χ0) is 15.9. The molecule has 1 atom stereocenters. The molecule has 1 aliphatic heterocycles. The minimum Gasteiger partial charge on any atom is -0.471 e. The maximum absolute atomic E-state index is 12.2. The summed E-state index contributed by atoms with van der Waals surface area (Å²) in [5, 5.41) is 3.50. The van der Waals surface area contributed by atoms with Crippen LogP contribution in [0.5, 0.6) is 5.75 Å². The molecule has 1 aromatic carbocycles. The van der Waals surface area contributed by atoms with Gasteiger partial charge in [-0.2, -0.15) is 0 Å². The summed E-state index contributed by atoms with van der Waals surface area (Å²) in [6.07, 6.45) is -0.407. The van der Waals surface area contributed by atoms with Gasteiger partial charge in [-0.3, -0.25) is 4.90 Å². The lowest BCUT2D eigenvalue weighted by Crippen LogP contribution is -2.54. The van der Waals surface area contributed by atoms with Crippen molar-refractivity contribution in [2.24, 2.45) is 5.73 Å². The van der Waals surface area contributed by atoms with E-state index in [2.05, 4.69) is 10.2 Å². The fourth-order valence-electron chi connectivity index (χ4n) is 2.37. The van der Waals surface area contributed by atoms with E-state index in [0.29, 0.717) is 30.4 Å². The van der Waals surface area contributed by atoms with Crippen LogP contribution in [0.1, 0.15) is 6.92 Å². The van der Waals surface area contributed by atoms with Crippen molar-refractivity contribution in [3.8, 4) is 5.75 Å². The molecule has 0 aromatic heterocycles. The third-order valence-electron chi connectivity index (χ3n) is 3.56. The molecular formula is C15H23ClN4O2. The summed E-state index contributed by atoms with van der Waals surface area (Å²) in [5.41, 5.74) is 5.54. The molecule has 0 saturated carbocycles. The first-order valence-corrected chi connectivity index (χ1v) is 7.86. The molecule has 2 rings (SSSR count). The number of carbonyl (C=O) groups is 1. The smallest absolute Gasteiger partial charge is 0.320 e. The van der Waals surface area contributed by atoms with E-state index in [4.69, 9.17) is 22.1 Å². The van der Waals surface area contributed by atoms with Gasteiger partial charge < -0.3 is 20.7 Å². The first-order valence-electron chi connectivity index (χ1n) is 7.48. The van der Waals surface area contributed by atoms with Crippen LogP contribution in [0.25, 0.3) is 0 Å². The third kappa shape index (κ3) is 5.05. The Hall–Kier alpha value is -1.50. The number of nitrogens with two attached hydrogens (primary N) is 1. The lowest BCUT2D eigenvalue weighted by Gasteiger charge is -2.35. The van der Waals surface area contributed by atoms with Crippen molar-refractivity contribution in [2.75, 3.05) is 39.3 Å². The van der Waals surface area contributed by atoms with Gasteiger partial charge in [-0.1, -0.05) is 11.6 Å². The molecule has 7 heteroatoms. The van der Waals surface area contributed by atoms with Gasteiger partial charge in [0.2, 0.25) is 0 Å². The van der Waals surface area contributed by atoms with Crippen LogP contribution >= 0.6 is 11.6 Å². The highest BCUT2D eigenvalue weighted by Crippen LogP contribution is 2.16. The van der Waals surface area contributed by atoms with Crippen molar-refractivity contribution in [1.29, 1.82) is 0 Å². The number of rotatable bonds is 5. The molecule has 0 spiro atoms. The topological polar surface area (TPSA) is 70.8 Å². The standard InChI is InChI=1S/C15H23ClN4O2/c1-12(22-14-4-2-13(16)3-5-14)18-15(21)20-10-8-19(7-6-17)9-11-20/h2-5,12H,6-11,17H2,1H3,(H,18,21). The van der Waals surface area contributed by atoms with Gasteiger partial charge >= 0.3 is 6.03 Å². The molecule has 122 valence electrons. The average Bonchev–Trinajstić information content (AvgIpc) is 2.50. The minimum atomic E-state index is -0.407. The van der Waals surface area contributed by atoms with E-state index in [1.54, 1.807) is 36.1 Å². The average molecular weight is 327 g/mol. The molecule has 1 aromatic rings. The number of hydrogen-bond acceptors (Lipinski definition) is 4. The molecule has 1 unspecified atom stereocenters. The Kier molecular flexibility index (Phi) is 6.30. The molecule has 1 aliphatic rings. The highest BCUT2D eigenvalue weighted by atomic mass is 35.5. The summed E-state index contributed by atoms with van der Waals surface area (Å²) in [4.78, 5) is 16.2. The monoisotopic (exact) mass is 326 g/mol. The van der Waals surface area contributed by atoms with Crippen LogP contribution in [0.15, 0.2) is 24.3 Å². The number of amides is 2. The SMILES string of the molecule is CC(NC(=O)N1CCN(CCN)CC1)Oc1ccc(Cl)cc1. The number of piperazine rings is 1. The Labute approximate surface area is 136 Å². The second-order valence-corrected chi connectivity index (χ2v) is 5.72. The quantitative estimate of drug-likeness (QED) is 0.801. The Balaban J connectivity index is 1.75. The van der Waals surface area contributed by atoms with E-state index >= 15 is 0 Å². The maximum Gasteiger partial charge on any atom is 0.320 e. The number of benzene rings is 1. The largest absolute Gasteiger partial charge is 0.471 e. The van der Waals surface area contributed by atoms with Crippen molar-refractivity contribution < 1.29 is 9.53 Å². The third-order valence-corrected chi connectivity index (χ3v) is 3.81. The van der Waals surface area contributed by atoms with Crippen LogP contribution in [0, 0.1) is 0 Å². The van der Waals surface area contributed by atoms with E-state index in [-0.39, 0.29) is 6.03 Å². The number of nitrogens with zero attached hydrogens (tertiary/aromatic N) is 2. The number of ether oxygens (including phenoxy) is 1. The van der Waals surface area contributed by atoms with E-state index in [9.17, 15) is 4.79 Å². The second kappa shape index (κ2) is 8.22. The van der Waals surface area contributed by atoms with E-state index in [1.807, 2.05) is 0 Å². The van der Waals surface area contributed by atoms with Crippen LogP contribution < -0.4 is 15.8 Å². The van der Waals surface area contributed by atoms with Gasteiger partial charge in [0, 0.05) is 44.3 Å². The highest BCUT2D eigenvalue weighted by molar-refractivity contribution is 6.30. The summed E-state index contributed by atoms with van der Waals surface area (Å²) < 4.78 is 5.65. The van der Waals surface area contributed by atoms with Crippen LogP contribution in [-0.2, 0) is 0 Å². The lowest BCUT2D eigenvalue weighted by molar-refractivity contribution is 0.122. The molecule has 22 heavy (non-hydrogen) atoms. The summed E-state index contributed by atoms with van der Waals surface area (Å²) in [7, 11) is 0. The molecule has 2 amide bonds. The summed E-state index contributed by atoms with van der Waals surface area (Å²) in [6, 6.07) is 6.95. The van der Waals surface area contributed by atoms with Gasteiger partial charge in [-0.25, -0.2) is 4.79 Å². The first-order chi connectivity index (χ1) is 10.6. The molecule has 0 aliphatic carbocycles. The van der Waals surface area contributed by atoms with Gasteiger partial charge in [-0.15, -0.1) is 0 Å². The number of halogens is 1. The highest BCUT2D eigenvalue weighted by Gasteiger charge is 2.21. The normalized spacial score (nSPS) is 17.1. The molecule has 1 fully saturated rings. The van der Waals surface area contributed by atoms with E-state index < -0.39 is 6.23 Å². The predicted molar refractivity (Wildman–Crippen MR) is 87.1 cm³/mol. The number of hydrogen-bond donors (Lipinski definition) is 2. The first kappa shape index (κ1) is 16.9. The van der Waals surface area contributed by atoms with E-state index in [0.717, 1.165) is 19.6 Å². The van der Waals surface area contributed by atoms with Gasteiger partial charge in [0.25, 0.3) is 0 Å². The van der Waals surface area contributed by atoms with Crippen molar-refractivity contribution >= 4 is 17.6 Å². The molecule has 0 bridgehead atoms. The van der Waals surface area contributed by atoms with E-state index in [1.165, 1.54) is 0 Å². The van der Waals surface area contributed by atoms with Crippen molar-refractivity contribution in [3.63, 3.8) is 0 Å². The summed E-state index contributed by atoms with van der Waals surface area (Å²) in [5.74, 6) is 0.671. The Morgan fingerprint density at radius 3 is 2.55 bits per heavy atom. The van der Waals surface area contributed by atoms with Crippen LogP contribution in [0.3, 0.4) is 0 Å². The van der Waals surface area contributed by atoms with Crippen LogP contribution in [-0.4, -0.2) is 61.3 Å². The van der Waals surface area contributed by atoms with Gasteiger partial charge in [0.05, 0.1) is 0 Å². The molecule has 0 radical (unpaired) electrons. The predicted octanol–water partition coefficient (Wildman–Crippen LogP) is 1.35. The molecule has 1 saturated heterocycles. The lowest BCUT2D eigenvalue weighted by atomic mass is 10.3. The number of carbonyl (C=O) groups excluding carboxylic acids is 1. The molecule has 3 N–H and O–H groups in total. The van der Waals surface area contributed by atoms with Crippen molar-refractivity contribution in [3.05, 3.63) is 29.3 Å². The van der Waals surface area contributed by atoms with Gasteiger partial charge in [-0.05, 0) is 31.2 Å². The molecular weight excluding hydrogens is 304 g/mol. The Morgan fingerprint density at radius 2 is 1.95 bits per heavy atom. The van der Waals surface area contributed by atoms with Gasteiger partial charge in [0.1, 0.15) is 5.75 Å². The fourth-order valence-corrected chi connectivity index (χ4v) is 2.50. The van der Waals surface area contributed by atoms with Crippen LogP contribution in [0.2, 0.25) is 5.02 Å². The zero-order valence-electron chi connectivity index (χ0n) is 12.8. The number of urea groups is 1. The Morgan fingerprint density at radius 1 is 1.32 bits per heavy atom. The minimum absolute atomic E-state index is 0.103. The fraction of sp³-hybridized carbons (Fsp3) is 0.533. The Bertz CT molecular complexity index is 475. The summed E-state index contributed by atoms with van der Waals surface area (Å²) in [6.45, 7) is 6.47. The molecule has 6 nitrogen and oxygen atoms in total. The maximum atomic E-state index is 12.2. The van der Waals surface area contributed by atoms with Crippen molar-refractivity contribution in [2.45, 2.75) is 13.2 Å². The van der Waals surface area contributed by atoms with Crippen molar-refractivity contribution in [1.82, 2.24) is 15.1 Å². The number of nitrogens with one attached hydrogen (secondary N) is 1. The van der Waals surface area contributed by atoms with Gasteiger partial charge in [0.15, 0.2) is 6.23 Å². The zero-order valence-corrected chi connectivity index (χ0v) is 13.6. The summed E-state index contributed by atoms with van der Waals surface area (Å²) >= 11 is 5.82. The second-order valence-electron chi connectivity index (χ2n) is 5.28. The molecule has 1 heterocycles. The van der Waals surface area contributed by atoms with Crippen LogP contribution in [0.4, 0.5) is 4.79 Å².